The van der Waals surface area contributed by atoms with E-state index in [1.807, 2.05) is 0 Å². The van der Waals surface area contributed by atoms with E-state index in [1.54, 1.807) is 11.3 Å². The monoisotopic (exact) mass is 242 g/mol. The average molecular weight is 242 g/mol. The van der Waals surface area contributed by atoms with Gasteiger partial charge < -0.3 is 5.32 Å². The van der Waals surface area contributed by atoms with E-state index in [2.05, 4.69) is 34.4 Å². The molecule has 1 saturated heterocycles. The minimum Gasteiger partial charge on any atom is -0.316 e. The van der Waals surface area contributed by atoms with Crippen molar-refractivity contribution in [3.05, 3.63) is 16.1 Å². The predicted octanol–water partition coefficient (Wildman–Crippen LogP) is 2.34. The molecule has 2 rings (SSSR count). The summed E-state index contributed by atoms with van der Waals surface area (Å²) in [5.74, 6) is 3.62. The highest BCUT2D eigenvalue weighted by molar-refractivity contribution is 7.99. The van der Waals surface area contributed by atoms with Gasteiger partial charge in [-0.15, -0.1) is 11.3 Å². The van der Waals surface area contributed by atoms with Crippen molar-refractivity contribution in [3.63, 3.8) is 0 Å². The minimum atomic E-state index is 0.909. The minimum absolute atomic E-state index is 0.909. The molecule has 15 heavy (non-hydrogen) atoms. The maximum Gasteiger partial charge on any atom is 0.0897 e. The van der Waals surface area contributed by atoms with Crippen LogP contribution in [0.4, 0.5) is 0 Å². The van der Waals surface area contributed by atoms with E-state index in [4.69, 9.17) is 0 Å². The lowest BCUT2D eigenvalue weighted by molar-refractivity contribution is 0.524. The van der Waals surface area contributed by atoms with Gasteiger partial charge in [0.2, 0.25) is 0 Å². The van der Waals surface area contributed by atoms with E-state index in [9.17, 15) is 0 Å². The fourth-order valence-corrected chi connectivity index (χ4v) is 3.72. The molecule has 2 nitrogen and oxygen atoms in total. The van der Waals surface area contributed by atoms with Crippen molar-refractivity contribution in [2.24, 2.45) is 5.92 Å². The van der Waals surface area contributed by atoms with Gasteiger partial charge in [-0.05, 0) is 37.3 Å². The zero-order valence-electron chi connectivity index (χ0n) is 9.16. The summed E-state index contributed by atoms with van der Waals surface area (Å²) < 4.78 is 0. The first-order valence-electron chi connectivity index (χ1n) is 5.54. The van der Waals surface area contributed by atoms with E-state index >= 15 is 0 Å². The molecule has 1 aliphatic rings. The van der Waals surface area contributed by atoms with E-state index in [0.29, 0.717) is 0 Å². The molecule has 2 heterocycles. The lowest BCUT2D eigenvalue weighted by Crippen LogP contribution is -2.24. The molecule has 1 aromatic rings. The molecule has 1 N–H and O–H groups in total. The number of thioether (sulfide) groups is 1. The Kier molecular flexibility index (Phi) is 4.47. The number of hydrogen-bond donors (Lipinski definition) is 1. The fraction of sp³-hybridized carbons (Fsp3) is 0.727. The van der Waals surface area contributed by atoms with Crippen molar-refractivity contribution in [1.82, 2.24) is 10.3 Å². The summed E-state index contributed by atoms with van der Waals surface area (Å²) in [5, 5.41) is 6.88. The van der Waals surface area contributed by atoms with Gasteiger partial charge in [-0.3, -0.25) is 0 Å². The molecule has 1 fully saturated rings. The topological polar surface area (TPSA) is 24.9 Å². The molecule has 4 heteroatoms. The highest BCUT2D eigenvalue weighted by Gasteiger charge is 2.14. The average Bonchev–Trinajstić information content (AvgIpc) is 2.84. The number of nitrogens with zero attached hydrogens (tertiary/aromatic N) is 1. The van der Waals surface area contributed by atoms with Crippen molar-refractivity contribution in [2.45, 2.75) is 19.8 Å². The zero-order chi connectivity index (χ0) is 10.5. The van der Waals surface area contributed by atoms with Gasteiger partial charge in [-0.1, -0.05) is 0 Å². The molecular weight excluding hydrogens is 224 g/mol. The summed E-state index contributed by atoms with van der Waals surface area (Å²) in [6.07, 6.45) is 2.47. The van der Waals surface area contributed by atoms with Gasteiger partial charge in [0.1, 0.15) is 0 Å². The number of rotatable bonds is 5. The van der Waals surface area contributed by atoms with Gasteiger partial charge in [-0.25, -0.2) is 4.98 Å². The van der Waals surface area contributed by atoms with Gasteiger partial charge in [-0.2, -0.15) is 11.8 Å². The third-order valence-corrected chi connectivity index (χ3v) is 4.74. The summed E-state index contributed by atoms with van der Waals surface area (Å²) >= 11 is 3.83. The van der Waals surface area contributed by atoms with Crippen molar-refractivity contribution in [3.8, 4) is 0 Å². The number of nitrogens with one attached hydrogen (secondary N) is 1. The van der Waals surface area contributed by atoms with Gasteiger partial charge in [0.15, 0.2) is 0 Å². The molecule has 0 bridgehead atoms. The summed E-state index contributed by atoms with van der Waals surface area (Å²) in [6.45, 7) is 4.33. The number of thiazole rings is 1. The Hall–Kier alpha value is -0.0600. The largest absolute Gasteiger partial charge is 0.316 e. The standard InChI is InChI=1S/C11H18N2S2/c1-9-13-11(8-15-9)2-4-12-6-10-3-5-14-7-10/h8,10,12H,2-7H2,1H3. The quantitative estimate of drug-likeness (QED) is 0.802. The Labute approximate surface area is 99.9 Å². The van der Waals surface area contributed by atoms with Crippen LogP contribution in [-0.2, 0) is 6.42 Å². The van der Waals surface area contributed by atoms with E-state index in [-0.39, 0.29) is 0 Å². The first kappa shape index (κ1) is 11.4. The Morgan fingerprint density at radius 1 is 1.60 bits per heavy atom. The van der Waals surface area contributed by atoms with E-state index in [0.717, 1.165) is 18.9 Å². The van der Waals surface area contributed by atoms with Crippen LogP contribution in [0.5, 0.6) is 0 Å². The van der Waals surface area contributed by atoms with Crippen LogP contribution in [0.3, 0.4) is 0 Å². The SMILES string of the molecule is Cc1nc(CCNCC2CCSC2)cs1. The van der Waals surface area contributed by atoms with Crippen molar-refractivity contribution in [1.29, 1.82) is 0 Å². The molecule has 0 saturated carbocycles. The second-order valence-corrected chi connectivity index (χ2v) is 6.25. The first-order valence-corrected chi connectivity index (χ1v) is 7.57. The normalized spacial score (nSPS) is 21.0. The van der Waals surface area contributed by atoms with Crippen LogP contribution in [0.25, 0.3) is 0 Å². The summed E-state index contributed by atoms with van der Waals surface area (Å²) in [4.78, 5) is 4.45. The predicted molar refractivity (Wildman–Crippen MR) is 68.9 cm³/mol. The highest BCUT2D eigenvalue weighted by atomic mass is 32.2. The maximum atomic E-state index is 4.45. The van der Waals surface area contributed by atoms with Crippen LogP contribution in [0.15, 0.2) is 5.38 Å². The Balaban J connectivity index is 1.58. The first-order chi connectivity index (χ1) is 7.34. The molecule has 0 spiro atoms. The molecule has 0 amide bonds. The molecule has 0 aliphatic carbocycles. The van der Waals surface area contributed by atoms with Crippen LogP contribution in [0.1, 0.15) is 17.1 Å². The molecular formula is C11H18N2S2. The van der Waals surface area contributed by atoms with E-state index < -0.39 is 0 Å². The molecule has 1 unspecified atom stereocenters. The number of hydrogen-bond acceptors (Lipinski definition) is 4. The van der Waals surface area contributed by atoms with Crippen molar-refractivity contribution in [2.75, 3.05) is 24.6 Å². The van der Waals surface area contributed by atoms with Crippen LogP contribution in [0.2, 0.25) is 0 Å². The summed E-state index contributed by atoms with van der Waals surface area (Å²) in [7, 11) is 0. The molecule has 84 valence electrons. The van der Waals surface area contributed by atoms with Gasteiger partial charge in [0.25, 0.3) is 0 Å². The lowest BCUT2D eigenvalue weighted by Gasteiger charge is -2.08. The third-order valence-electron chi connectivity index (χ3n) is 2.68. The number of aryl methyl sites for hydroxylation is 1. The maximum absolute atomic E-state index is 4.45. The Bertz CT molecular complexity index is 293. The summed E-state index contributed by atoms with van der Waals surface area (Å²) in [5.41, 5.74) is 1.24. The van der Waals surface area contributed by atoms with E-state index in [1.165, 1.54) is 35.2 Å². The summed E-state index contributed by atoms with van der Waals surface area (Å²) in [6, 6.07) is 0. The second-order valence-electron chi connectivity index (χ2n) is 4.04. The Morgan fingerprint density at radius 3 is 3.20 bits per heavy atom. The van der Waals surface area contributed by atoms with Crippen LogP contribution in [-0.4, -0.2) is 29.6 Å². The molecule has 0 aromatic carbocycles. The molecule has 1 aromatic heterocycles. The lowest BCUT2D eigenvalue weighted by atomic mass is 10.1. The molecule has 0 radical (unpaired) electrons. The van der Waals surface area contributed by atoms with Gasteiger partial charge in [0.05, 0.1) is 10.7 Å². The molecule has 1 aliphatic heterocycles. The third kappa shape index (κ3) is 3.78. The highest BCUT2D eigenvalue weighted by Crippen LogP contribution is 2.22. The molecule has 1 atom stereocenters. The Morgan fingerprint density at radius 2 is 2.53 bits per heavy atom. The van der Waals surface area contributed by atoms with Gasteiger partial charge >= 0.3 is 0 Å². The van der Waals surface area contributed by atoms with Crippen LogP contribution >= 0.6 is 23.1 Å². The second kappa shape index (κ2) is 5.87. The zero-order valence-corrected chi connectivity index (χ0v) is 10.8. The van der Waals surface area contributed by atoms with Crippen LogP contribution in [0, 0.1) is 12.8 Å². The smallest absolute Gasteiger partial charge is 0.0897 e. The fourth-order valence-electron chi connectivity index (χ4n) is 1.79. The van der Waals surface area contributed by atoms with Crippen molar-refractivity contribution >= 4 is 23.1 Å². The van der Waals surface area contributed by atoms with Gasteiger partial charge in [0, 0.05) is 18.3 Å². The number of aromatic nitrogens is 1. The van der Waals surface area contributed by atoms with Crippen LogP contribution < -0.4 is 5.32 Å². The van der Waals surface area contributed by atoms with Crippen molar-refractivity contribution < 1.29 is 0 Å².